The lowest BCUT2D eigenvalue weighted by atomic mass is 10.2. The van der Waals surface area contributed by atoms with Gasteiger partial charge in [-0.1, -0.05) is 13.8 Å². The van der Waals surface area contributed by atoms with E-state index in [-0.39, 0.29) is 24.7 Å². The van der Waals surface area contributed by atoms with Crippen LogP contribution in [0.3, 0.4) is 0 Å². The molecular formula is C17H30N4O6. The normalized spacial score (nSPS) is 13.9. The van der Waals surface area contributed by atoms with E-state index >= 15 is 0 Å². The Morgan fingerprint density at radius 1 is 0.704 bits per heavy atom. The van der Waals surface area contributed by atoms with Crippen molar-refractivity contribution in [1.29, 1.82) is 0 Å². The van der Waals surface area contributed by atoms with Crippen LogP contribution in [-0.4, -0.2) is 59.4 Å². The number of rotatable bonds is 11. The summed E-state index contributed by atoms with van der Waals surface area (Å²) >= 11 is 0. The Morgan fingerprint density at radius 3 is 1.59 bits per heavy atom. The van der Waals surface area contributed by atoms with E-state index in [0.717, 1.165) is 0 Å². The van der Waals surface area contributed by atoms with E-state index < -0.39 is 41.8 Å². The smallest absolute Gasteiger partial charge is 0.303 e. The summed E-state index contributed by atoms with van der Waals surface area (Å²) in [7, 11) is 0. The highest BCUT2D eigenvalue weighted by atomic mass is 16.4. The highest BCUT2D eigenvalue weighted by molar-refractivity contribution is 5.93. The maximum Gasteiger partial charge on any atom is 0.303 e. The number of carboxylic acid groups (broad SMARTS) is 1. The number of aliphatic carboxylic acids is 1. The quantitative estimate of drug-likeness (QED) is 0.311. The van der Waals surface area contributed by atoms with E-state index in [1.165, 1.54) is 20.8 Å². The maximum atomic E-state index is 12.1. The molecule has 0 saturated carbocycles. The SMILES string of the molecule is CC(C)CNC(=O)[C@H](C)NC(=O)[C@H](C)NC(=O)[C@H](C)NC(=O)CCC(=O)O. The second-order valence-corrected chi connectivity index (χ2v) is 6.78. The van der Waals surface area contributed by atoms with E-state index in [1.807, 2.05) is 13.8 Å². The van der Waals surface area contributed by atoms with E-state index in [0.29, 0.717) is 6.54 Å². The van der Waals surface area contributed by atoms with E-state index in [2.05, 4.69) is 21.3 Å². The molecule has 0 bridgehead atoms. The van der Waals surface area contributed by atoms with Crippen LogP contribution >= 0.6 is 0 Å². The summed E-state index contributed by atoms with van der Waals surface area (Å²) in [6.45, 7) is 8.79. The number of amides is 4. The molecule has 0 aliphatic carbocycles. The first-order valence-electron chi connectivity index (χ1n) is 8.83. The molecule has 0 fully saturated rings. The summed E-state index contributed by atoms with van der Waals surface area (Å²) in [5.41, 5.74) is 0. The zero-order valence-corrected chi connectivity index (χ0v) is 16.4. The van der Waals surface area contributed by atoms with Crippen molar-refractivity contribution in [2.45, 2.75) is 65.6 Å². The topological polar surface area (TPSA) is 154 Å². The molecule has 0 unspecified atom stereocenters. The summed E-state index contributed by atoms with van der Waals surface area (Å²) in [4.78, 5) is 57.9. The highest BCUT2D eigenvalue weighted by Crippen LogP contribution is 1.94. The predicted octanol–water partition coefficient (Wildman–Crippen LogP) is -0.862. The fourth-order valence-electron chi connectivity index (χ4n) is 1.87. The molecule has 0 heterocycles. The van der Waals surface area contributed by atoms with E-state index in [1.54, 1.807) is 0 Å². The minimum absolute atomic E-state index is 0.244. The van der Waals surface area contributed by atoms with Gasteiger partial charge in [0.25, 0.3) is 0 Å². The molecule has 0 aliphatic rings. The number of carboxylic acids is 1. The molecule has 0 aliphatic heterocycles. The van der Waals surface area contributed by atoms with Crippen LogP contribution in [0.4, 0.5) is 0 Å². The van der Waals surface area contributed by atoms with Crippen LogP contribution in [0.25, 0.3) is 0 Å². The average molecular weight is 386 g/mol. The maximum absolute atomic E-state index is 12.1. The van der Waals surface area contributed by atoms with Crippen molar-refractivity contribution in [3.63, 3.8) is 0 Å². The van der Waals surface area contributed by atoms with Crippen molar-refractivity contribution < 1.29 is 29.1 Å². The van der Waals surface area contributed by atoms with Crippen LogP contribution in [0.2, 0.25) is 0 Å². The Hall–Kier alpha value is -2.65. The van der Waals surface area contributed by atoms with Gasteiger partial charge in [-0.15, -0.1) is 0 Å². The molecule has 27 heavy (non-hydrogen) atoms. The van der Waals surface area contributed by atoms with Crippen molar-refractivity contribution in [2.75, 3.05) is 6.54 Å². The third kappa shape index (κ3) is 10.8. The molecule has 0 radical (unpaired) electrons. The second kappa shape index (κ2) is 11.9. The Labute approximate surface area is 158 Å². The monoisotopic (exact) mass is 386 g/mol. The van der Waals surface area contributed by atoms with Gasteiger partial charge in [-0.2, -0.15) is 0 Å². The number of hydrogen-bond donors (Lipinski definition) is 5. The second-order valence-electron chi connectivity index (χ2n) is 6.78. The first-order valence-corrected chi connectivity index (χ1v) is 8.83. The molecule has 10 heteroatoms. The minimum Gasteiger partial charge on any atom is -0.481 e. The molecule has 10 nitrogen and oxygen atoms in total. The molecule has 0 aromatic heterocycles. The molecule has 0 saturated heterocycles. The van der Waals surface area contributed by atoms with Crippen molar-refractivity contribution in [3.05, 3.63) is 0 Å². The van der Waals surface area contributed by atoms with Gasteiger partial charge in [0.15, 0.2) is 0 Å². The van der Waals surface area contributed by atoms with Gasteiger partial charge >= 0.3 is 5.97 Å². The first-order chi connectivity index (χ1) is 12.4. The van der Waals surface area contributed by atoms with E-state index in [4.69, 9.17) is 5.11 Å². The highest BCUT2D eigenvalue weighted by Gasteiger charge is 2.23. The van der Waals surface area contributed by atoms with Gasteiger partial charge in [-0.05, 0) is 26.7 Å². The van der Waals surface area contributed by atoms with Gasteiger partial charge in [-0.25, -0.2) is 0 Å². The lowest BCUT2D eigenvalue weighted by molar-refractivity contribution is -0.139. The van der Waals surface area contributed by atoms with Crippen molar-refractivity contribution in [1.82, 2.24) is 21.3 Å². The number of nitrogens with one attached hydrogen (secondary N) is 4. The summed E-state index contributed by atoms with van der Waals surface area (Å²) in [6, 6.07) is -2.62. The Bertz CT molecular complexity index is 564. The standard InChI is InChI=1S/C17H30N4O6/c1-9(2)8-18-15(25)10(3)20-17(27)12(5)21-16(26)11(4)19-13(22)6-7-14(23)24/h9-12H,6-8H2,1-5H3,(H,18,25)(H,19,22)(H,20,27)(H,21,26)(H,23,24)/t10-,11-,12-/m0/s1. The average Bonchev–Trinajstić information content (AvgIpc) is 2.57. The Balaban J connectivity index is 4.39. The largest absolute Gasteiger partial charge is 0.481 e. The van der Waals surface area contributed by atoms with Gasteiger partial charge in [0.1, 0.15) is 18.1 Å². The van der Waals surface area contributed by atoms with Crippen molar-refractivity contribution >= 4 is 29.6 Å². The fourth-order valence-corrected chi connectivity index (χ4v) is 1.87. The van der Waals surface area contributed by atoms with Crippen LogP contribution in [-0.2, 0) is 24.0 Å². The Kier molecular flexibility index (Phi) is 10.7. The lowest BCUT2D eigenvalue weighted by Crippen LogP contribution is -2.54. The number of hydrogen-bond acceptors (Lipinski definition) is 5. The lowest BCUT2D eigenvalue weighted by Gasteiger charge is -2.20. The third-order valence-corrected chi connectivity index (χ3v) is 3.53. The molecule has 4 amide bonds. The first kappa shape index (κ1) is 24.4. The zero-order valence-electron chi connectivity index (χ0n) is 16.4. The van der Waals surface area contributed by atoms with Gasteiger partial charge in [-0.3, -0.25) is 24.0 Å². The van der Waals surface area contributed by atoms with Gasteiger partial charge < -0.3 is 26.4 Å². The van der Waals surface area contributed by atoms with Crippen LogP contribution in [0.15, 0.2) is 0 Å². The molecule has 3 atom stereocenters. The van der Waals surface area contributed by atoms with Gasteiger partial charge in [0, 0.05) is 13.0 Å². The molecule has 0 aromatic carbocycles. The summed E-state index contributed by atoms with van der Waals surface area (Å²) in [5.74, 6) is -2.87. The molecule has 0 aromatic rings. The van der Waals surface area contributed by atoms with Crippen LogP contribution in [0, 0.1) is 5.92 Å². The van der Waals surface area contributed by atoms with Crippen molar-refractivity contribution in [3.8, 4) is 0 Å². The van der Waals surface area contributed by atoms with E-state index in [9.17, 15) is 24.0 Å². The summed E-state index contributed by atoms with van der Waals surface area (Å²) < 4.78 is 0. The molecule has 0 spiro atoms. The summed E-state index contributed by atoms with van der Waals surface area (Å²) in [5, 5.41) is 18.5. The fraction of sp³-hybridized carbons (Fsp3) is 0.706. The number of carbonyl (C=O) groups excluding carboxylic acids is 4. The molecular weight excluding hydrogens is 356 g/mol. The third-order valence-electron chi connectivity index (χ3n) is 3.53. The zero-order chi connectivity index (χ0) is 21.1. The summed E-state index contributed by atoms with van der Waals surface area (Å²) in [6.07, 6.45) is -0.582. The van der Waals surface area contributed by atoms with Gasteiger partial charge in [0.2, 0.25) is 23.6 Å². The van der Waals surface area contributed by atoms with Crippen molar-refractivity contribution in [2.24, 2.45) is 5.92 Å². The van der Waals surface area contributed by atoms with Gasteiger partial charge in [0.05, 0.1) is 6.42 Å². The molecule has 154 valence electrons. The Morgan fingerprint density at radius 2 is 1.15 bits per heavy atom. The van der Waals surface area contributed by atoms with Crippen LogP contribution in [0.5, 0.6) is 0 Å². The molecule has 0 rings (SSSR count). The van der Waals surface area contributed by atoms with Crippen LogP contribution in [0.1, 0.15) is 47.5 Å². The predicted molar refractivity (Wildman–Crippen MR) is 97.5 cm³/mol. The minimum atomic E-state index is -1.11. The number of carbonyl (C=O) groups is 5. The van der Waals surface area contributed by atoms with Crippen LogP contribution < -0.4 is 21.3 Å². The molecule has 5 N–H and O–H groups in total.